The van der Waals surface area contributed by atoms with Crippen molar-refractivity contribution in [3.8, 4) is 0 Å². The Morgan fingerprint density at radius 2 is 0.971 bits per heavy atom. The van der Waals surface area contributed by atoms with Gasteiger partial charge in [0, 0.05) is 11.5 Å². The van der Waals surface area contributed by atoms with Crippen LogP contribution in [0.1, 0.15) is 127 Å². The molecule has 3 unspecified atom stereocenters. The van der Waals surface area contributed by atoms with Crippen molar-refractivity contribution in [2.45, 2.75) is 330 Å². The van der Waals surface area contributed by atoms with E-state index in [0.717, 1.165) is 51.4 Å². The van der Waals surface area contributed by atoms with Crippen LogP contribution in [0, 0.1) is 56.7 Å². The molecule has 2 spiro atoms. The van der Waals surface area contributed by atoms with Crippen molar-refractivity contribution in [3.05, 3.63) is 23.8 Å². The van der Waals surface area contributed by atoms with Crippen LogP contribution >= 0.6 is 0 Å². The highest BCUT2D eigenvalue weighted by atomic mass is 16.8. The number of fused-ring (bicyclic) bond motifs is 2. The molecule has 7 saturated heterocycles. The summed E-state index contributed by atoms with van der Waals surface area (Å²) in [7, 11) is 0. The van der Waals surface area contributed by atoms with Gasteiger partial charge in [-0.05, 0) is 136 Å². The van der Waals surface area contributed by atoms with Crippen LogP contribution in [0.5, 0.6) is 0 Å². The van der Waals surface area contributed by atoms with Gasteiger partial charge in [0.2, 0.25) is 5.91 Å². The summed E-state index contributed by atoms with van der Waals surface area (Å²) in [4.78, 5) is 25.7. The molecule has 0 aromatic heterocycles. The first-order valence-corrected chi connectivity index (χ1v) is 37.5. The Labute approximate surface area is 609 Å². The van der Waals surface area contributed by atoms with E-state index in [-0.39, 0.29) is 51.4 Å². The number of hydrogen-bond acceptors (Lipinski definition) is 32. The maximum atomic E-state index is 13.2. The standard InChI is InChI=1S/C72H115NO32/c1-27(12-11-13-28(2)60(91)73-41-29(3)30(4)94-61(41)92)33-16-18-70(10)39-15-14-38-68(7,8)40(17-19-71(38)26-72(39,71)21-20-69(33,70)9)101-66-59(55(90)56(36(24-76)99-66)102-62-52(87)47(82)42(77)31(5)95-62)105-67-58(104-63-53(88)48(83)43(78)32(6)96-63)51(86)46(81)37(100-67)25-93-65-57(50(85)45(80)35(23-75)98-65)103-64-54(89)49(84)44(79)34(22-74)97-64/h11-13,27,29-59,62-67,74-90H,14-26H2,1-10H3,(H,73,91)/b12-11+,28-13+/t27-,29?,30?,31+,32+,33-,34-,35-,36-,37-,38+,39+,40+,41?,42+,43+,44-,45-,46-,47-,48-,49+,50+,51+,52-,53-,54-,55+,56-,57-,58-,59-,62+,63+,64+,65-,66+,67+,69-,70+,71-,72+/m1/s1. The number of ether oxygens (including phenoxy) is 13. The van der Waals surface area contributed by atoms with Gasteiger partial charge in [-0.3, -0.25) is 4.79 Å². The predicted octanol–water partition coefficient (Wildman–Crippen LogP) is -4.01. The van der Waals surface area contributed by atoms with Crippen LogP contribution in [0.3, 0.4) is 0 Å². The monoisotopic (exact) mass is 1510 g/mol. The first kappa shape index (κ1) is 81.7. The largest absolute Gasteiger partial charge is 0.461 e. The molecule has 5 saturated carbocycles. The van der Waals surface area contributed by atoms with E-state index in [1.807, 2.05) is 19.9 Å². The van der Waals surface area contributed by atoms with Crippen LogP contribution in [0.15, 0.2) is 23.8 Å². The minimum absolute atomic E-state index is 0.00304. The van der Waals surface area contributed by atoms with E-state index in [1.165, 1.54) is 13.8 Å². The zero-order chi connectivity index (χ0) is 76.4. The maximum Gasteiger partial charge on any atom is 0.329 e. The number of aliphatic hydroxyl groups excluding tert-OH is 17. The summed E-state index contributed by atoms with van der Waals surface area (Å²) in [6, 6.07) is -0.706. The van der Waals surface area contributed by atoms with Crippen molar-refractivity contribution in [1.29, 1.82) is 0 Å². The molecule has 42 atom stereocenters. The second-order valence-electron chi connectivity index (χ2n) is 33.4. The van der Waals surface area contributed by atoms with E-state index in [2.05, 4.69) is 46.0 Å². The first-order valence-electron chi connectivity index (χ1n) is 37.5. The first-order chi connectivity index (χ1) is 49.4. The van der Waals surface area contributed by atoms with E-state index in [0.29, 0.717) is 23.8 Å². The van der Waals surface area contributed by atoms with E-state index < -0.39 is 234 Å². The van der Waals surface area contributed by atoms with E-state index in [9.17, 15) is 96.4 Å². The molecule has 7 heterocycles. The van der Waals surface area contributed by atoms with E-state index in [1.54, 1.807) is 13.0 Å². The van der Waals surface area contributed by atoms with Gasteiger partial charge in [-0.2, -0.15) is 0 Å². The van der Waals surface area contributed by atoms with Crippen LogP contribution in [-0.4, -0.2) is 328 Å². The Bertz CT molecular complexity index is 3060. The van der Waals surface area contributed by atoms with Crippen molar-refractivity contribution in [2.75, 3.05) is 26.4 Å². The molecule has 105 heavy (non-hydrogen) atoms. The molecule has 0 aromatic rings. The van der Waals surface area contributed by atoms with Crippen molar-refractivity contribution in [1.82, 2.24) is 5.32 Å². The molecule has 1 amide bonds. The number of allylic oxidation sites excluding steroid dienone is 3. The molecule has 0 aromatic carbocycles. The highest BCUT2D eigenvalue weighted by Gasteiger charge is 2.82. The molecule has 7 aliphatic heterocycles. The number of cyclic esters (lactones) is 1. The van der Waals surface area contributed by atoms with Crippen LogP contribution in [0.2, 0.25) is 0 Å². The lowest BCUT2D eigenvalue weighted by molar-refractivity contribution is -0.409. The second kappa shape index (κ2) is 31.3. The average Bonchev–Trinajstić information content (AvgIpc) is 1.46. The summed E-state index contributed by atoms with van der Waals surface area (Å²) in [5, 5.41) is 192. The maximum absolute atomic E-state index is 13.2. The molecule has 600 valence electrons. The van der Waals surface area contributed by atoms with Crippen LogP contribution < -0.4 is 5.32 Å². The number of nitrogens with one attached hydrogen (secondary N) is 1. The lowest BCUT2D eigenvalue weighted by atomic mass is 9.42. The average molecular weight is 1510 g/mol. The van der Waals surface area contributed by atoms with Gasteiger partial charge in [0.15, 0.2) is 37.7 Å². The molecule has 12 aliphatic rings. The molecule has 12 fully saturated rings. The van der Waals surface area contributed by atoms with Crippen molar-refractivity contribution >= 4 is 11.9 Å². The minimum atomic E-state index is -2.19. The summed E-state index contributed by atoms with van der Waals surface area (Å²) in [5.41, 5.74) is -0.147. The number of rotatable bonds is 21. The Kier molecular flexibility index (Phi) is 24.4. The molecule has 0 radical (unpaired) electrons. The van der Waals surface area contributed by atoms with Gasteiger partial charge in [0.05, 0.1) is 44.7 Å². The molecule has 33 heteroatoms. The third-order valence-electron chi connectivity index (χ3n) is 27.6. The number of amides is 1. The molecule has 0 bridgehead atoms. The fourth-order valence-corrected chi connectivity index (χ4v) is 20.8. The highest BCUT2D eigenvalue weighted by Crippen LogP contribution is 2.89. The number of hydrogen-bond donors (Lipinski definition) is 18. The quantitative estimate of drug-likeness (QED) is 0.0225. The van der Waals surface area contributed by atoms with Gasteiger partial charge < -0.3 is 154 Å². The predicted molar refractivity (Wildman–Crippen MR) is 355 cm³/mol. The van der Waals surface area contributed by atoms with E-state index >= 15 is 0 Å². The minimum Gasteiger partial charge on any atom is -0.461 e. The summed E-state index contributed by atoms with van der Waals surface area (Å²) in [6.07, 6.45) is -41.4. The normalized spacial score (nSPS) is 53.7. The lowest BCUT2D eigenvalue weighted by Crippen LogP contribution is -2.68. The SMILES string of the molecule is C/C(=C\C=C\[C@@H](C)[C@H]1CC[C@@]2(C)[C@@H]3CC[C@H]4C(C)(C)[C@@H](O[C@@H]5O[C@H](CO)[C@@H](O[C@@H]6O[C@@H](C)[C@H](O)[C@@H](O)[C@H]6O)[C@H](O)[C@H]5O[C@@H]5O[C@H](CO[C@@H]6O[C@H](CO)[C@@H](O)[C@H](O)[C@H]6O[C@@H]6O[C@H](CO)[C@@H](O)[C@H](O)[C@H]6O)[C@@H](O)[C@H](O)[C@H]5O[C@@H]5O[C@@H](C)[C@H](O)[C@@H](O)[C@H]5O)CC[C@@]45C[C@@]35CC[C@]12C)C(=O)NC1C(=O)OC(C)C1C. The summed E-state index contributed by atoms with van der Waals surface area (Å²) < 4.78 is 79.7. The van der Waals surface area contributed by atoms with Crippen molar-refractivity contribution in [3.63, 3.8) is 0 Å². The fraction of sp³-hybridized carbons (Fsp3) is 0.917. The third kappa shape index (κ3) is 14.3. The van der Waals surface area contributed by atoms with Gasteiger partial charge in [-0.25, -0.2) is 4.79 Å². The second-order valence-corrected chi connectivity index (χ2v) is 33.4. The molecule has 5 aliphatic carbocycles. The Morgan fingerprint density at radius 3 is 1.55 bits per heavy atom. The van der Waals surface area contributed by atoms with Gasteiger partial charge >= 0.3 is 5.97 Å². The van der Waals surface area contributed by atoms with Crippen LogP contribution in [0.4, 0.5) is 0 Å². The van der Waals surface area contributed by atoms with Gasteiger partial charge in [-0.1, -0.05) is 59.8 Å². The molecular weight excluding hydrogens is 1390 g/mol. The summed E-state index contributed by atoms with van der Waals surface area (Å²) in [6.45, 7) is 16.2. The number of aliphatic hydroxyl groups is 17. The lowest BCUT2D eigenvalue weighted by Gasteiger charge is -2.63. The molecule has 33 nitrogen and oxygen atoms in total. The van der Waals surface area contributed by atoms with Crippen LogP contribution in [-0.2, 0) is 71.2 Å². The molecular formula is C72H115NO32. The van der Waals surface area contributed by atoms with E-state index in [4.69, 9.17) is 61.6 Å². The zero-order valence-electron chi connectivity index (χ0n) is 61.1. The Hall–Kier alpha value is -2.74. The third-order valence-corrected chi connectivity index (χ3v) is 27.6. The summed E-state index contributed by atoms with van der Waals surface area (Å²) >= 11 is 0. The Balaban J connectivity index is 0.808. The van der Waals surface area contributed by atoms with Gasteiger partial charge in [0.1, 0.15) is 146 Å². The number of esters is 1. The number of carbonyl (C=O) groups excluding carboxylic acids is 2. The van der Waals surface area contributed by atoms with Crippen LogP contribution in [0.25, 0.3) is 0 Å². The molecule has 12 rings (SSSR count). The summed E-state index contributed by atoms with van der Waals surface area (Å²) in [5.74, 6) is 0.192. The topological polar surface area (TPSA) is 510 Å². The van der Waals surface area contributed by atoms with Gasteiger partial charge in [0.25, 0.3) is 0 Å². The molecule has 18 N–H and O–H groups in total. The van der Waals surface area contributed by atoms with Crippen molar-refractivity contribution < 1.29 is 158 Å². The van der Waals surface area contributed by atoms with Crippen molar-refractivity contribution in [2.24, 2.45) is 56.7 Å². The zero-order valence-corrected chi connectivity index (χ0v) is 61.1. The highest BCUT2D eigenvalue weighted by molar-refractivity contribution is 5.96. The fourth-order valence-electron chi connectivity index (χ4n) is 20.8. The number of carbonyl (C=O) groups is 2. The smallest absolute Gasteiger partial charge is 0.329 e. The Morgan fingerprint density at radius 1 is 0.495 bits per heavy atom. The van der Waals surface area contributed by atoms with Gasteiger partial charge in [-0.15, -0.1) is 0 Å².